The standard InChI is InChI=1S/C28H31ClFN5O3S/c1-18-14-31-27(33-22-6-7-23(25(30)13-22)21-15-32-35(16-21)9-10-36)34-26(18)12-19-5-8-24(29)20(11-19)17-39(37,38)28(2,3)4/h5-8,11,13-16,36H,9-10,12,17H2,1-4H3,(H,31,33,34). The van der Waals surface area contributed by atoms with E-state index < -0.39 is 20.4 Å². The van der Waals surface area contributed by atoms with Crippen molar-refractivity contribution in [2.75, 3.05) is 11.9 Å². The van der Waals surface area contributed by atoms with Crippen molar-refractivity contribution in [1.82, 2.24) is 19.7 Å². The predicted molar refractivity (Wildman–Crippen MR) is 151 cm³/mol. The molecule has 0 amide bonds. The number of nitrogens with one attached hydrogen (secondary N) is 1. The highest BCUT2D eigenvalue weighted by Gasteiger charge is 2.29. The molecule has 2 heterocycles. The van der Waals surface area contributed by atoms with Crippen LogP contribution in [0.5, 0.6) is 0 Å². The molecular weight excluding hydrogens is 541 g/mol. The molecule has 2 N–H and O–H groups in total. The third kappa shape index (κ3) is 6.81. The smallest absolute Gasteiger partial charge is 0.227 e. The van der Waals surface area contributed by atoms with Crippen LogP contribution in [0.2, 0.25) is 5.02 Å². The summed E-state index contributed by atoms with van der Waals surface area (Å²) >= 11 is 6.33. The van der Waals surface area contributed by atoms with Gasteiger partial charge in [-0.25, -0.2) is 22.8 Å². The molecule has 0 atom stereocenters. The lowest BCUT2D eigenvalue weighted by molar-refractivity contribution is 0.269. The molecule has 11 heteroatoms. The molecule has 206 valence electrons. The second-order valence-electron chi connectivity index (χ2n) is 10.3. The number of benzene rings is 2. The zero-order valence-electron chi connectivity index (χ0n) is 22.2. The Morgan fingerprint density at radius 2 is 1.90 bits per heavy atom. The third-order valence-corrected chi connectivity index (χ3v) is 9.26. The molecule has 0 spiro atoms. The van der Waals surface area contributed by atoms with Crippen LogP contribution >= 0.6 is 11.6 Å². The molecule has 0 aliphatic heterocycles. The van der Waals surface area contributed by atoms with Crippen LogP contribution in [0.1, 0.15) is 43.2 Å². The molecule has 0 saturated carbocycles. The van der Waals surface area contributed by atoms with Crippen LogP contribution in [-0.4, -0.2) is 44.6 Å². The highest BCUT2D eigenvalue weighted by atomic mass is 35.5. The summed E-state index contributed by atoms with van der Waals surface area (Å²) in [6.45, 7) is 7.19. The first-order chi connectivity index (χ1) is 18.4. The first-order valence-corrected chi connectivity index (χ1v) is 14.4. The number of halogens is 2. The Hall–Kier alpha value is -3.34. The number of aromatic nitrogens is 4. The molecule has 2 aromatic heterocycles. The van der Waals surface area contributed by atoms with Gasteiger partial charge in [-0.3, -0.25) is 4.68 Å². The molecule has 0 fully saturated rings. The number of nitrogens with zero attached hydrogens (tertiary/aromatic N) is 4. The highest BCUT2D eigenvalue weighted by molar-refractivity contribution is 7.91. The lowest BCUT2D eigenvalue weighted by Gasteiger charge is -2.20. The number of hydrogen-bond donors (Lipinski definition) is 2. The van der Waals surface area contributed by atoms with E-state index in [2.05, 4.69) is 20.4 Å². The second kappa shape index (κ2) is 11.4. The van der Waals surface area contributed by atoms with Gasteiger partial charge in [0.15, 0.2) is 9.84 Å². The Morgan fingerprint density at radius 1 is 1.13 bits per heavy atom. The van der Waals surface area contributed by atoms with Crippen LogP contribution in [0.25, 0.3) is 11.1 Å². The van der Waals surface area contributed by atoms with E-state index in [0.29, 0.717) is 46.3 Å². The van der Waals surface area contributed by atoms with Gasteiger partial charge in [0, 0.05) is 40.7 Å². The van der Waals surface area contributed by atoms with Crippen LogP contribution in [-0.2, 0) is 28.6 Å². The van der Waals surface area contributed by atoms with Gasteiger partial charge in [-0.1, -0.05) is 23.7 Å². The van der Waals surface area contributed by atoms with E-state index in [4.69, 9.17) is 16.7 Å². The monoisotopic (exact) mass is 571 g/mol. The average molecular weight is 572 g/mol. The largest absolute Gasteiger partial charge is 0.394 e. The summed E-state index contributed by atoms with van der Waals surface area (Å²) in [5.74, 6) is -0.277. The minimum atomic E-state index is -3.40. The van der Waals surface area contributed by atoms with Crippen LogP contribution in [0.3, 0.4) is 0 Å². The van der Waals surface area contributed by atoms with Gasteiger partial charge >= 0.3 is 0 Å². The topological polar surface area (TPSA) is 110 Å². The van der Waals surface area contributed by atoms with Crippen molar-refractivity contribution in [3.8, 4) is 11.1 Å². The van der Waals surface area contributed by atoms with E-state index in [9.17, 15) is 12.8 Å². The Morgan fingerprint density at radius 3 is 2.59 bits per heavy atom. The molecule has 0 unspecified atom stereocenters. The van der Waals surface area contributed by atoms with Crippen molar-refractivity contribution in [3.63, 3.8) is 0 Å². The molecule has 0 radical (unpaired) electrons. The lowest BCUT2D eigenvalue weighted by Crippen LogP contribution is -2.29. The molecule has 4 rings (SSSR count). The van der Waals surface area contributed by atoms with Crippen molar-refractivity contribution in [2.45, 2.75) is 51.2 Å². The molecule has 8 nitrogen and oxygen atoms in total. The molecular formula is C28H31ClFN5O3S. The number of sulfone groups is 1. The number of anilines is 2. The van der Waals surface area contributed by atoms with Gasteiger partial charge in [0.1, 0.15) is 5.82 Å². The van der Waals surface area contributed by atoms with Gasteiger partial charge in [-0.15, -0.1) is 0 Å². The fraction of sp³-hybridized carbons (Fsp3) is 0.321. The quantitative estimate of drug-likeness (QED) is 0.274. The molecule has 0 aliphatic carbocycles. The SMILES string of the molecule is Cc1cnc(Nc2ccc(-c3cnn(CCO)c3)c(F)c2)nc1Cc1ccc(Cl)c(CS(=O)(=O)C(C)(C)C)c1. The first-order valence-electron chi connectivity index (χ1n) is 12.4. The van der Waals surface area contributed by atoms with Crippen LogP contribution in [0.15, 0.2) is 55.0 Å². The molecule has 2 aromatic carbocycles. The van der Waals surface area contributed by atoms with E-state index in [0.717, 1.165) is 16.8 Å². The zero-order valence-corrected chi connectivity index (χ0v) is 23.8. The van der Waals surface area contributed by atoms with E-state index >= 15 is 0 Å². The van der Waals surface area contributed by atoms with Gasteiger partial charge in [-0.05, 0) is 68.7 Å². The van der Waals surface area contributed by atoms with Gasteiger partial charge < -0.3 is 10.4 Å². The van der Waals surface area contributed by atoms with Crippen molar-refractivity contribution in [2.24, 2.45) is 0 Å². The number of aliphatic hydroxyl groups is 1. The molecule has 0 bridgehead atoms. The Balaban J connectivity index is 1.53. The fourth-order valence-corrected chi connectivity index (χ4v) is 5.21. The van der Waals surface area contributed by atoms with Gasteiger partial charge in [0.2, 0.25) is 5.95 Å². The third-order valence-electron chi connectivity index (χ3n) is 6.34. The van der Waals surface area contributed by atoms with E-state index in [1.54, 1.807) is 68.3 Å². The molecule has 4 aromatic rings. The van der Waals surface area contributed by atoms with Crippen molar-refractivity contribution >= 4 is 33.1 Å². The van der Waals surface area contributed by atoms with Gasteiger partial charge in [0.05, 0.1) is 35.5 Å². The van der Waals surface area contributed by atoms with E-state index in [-0.39, 0.29) is 12.4 Å². The summed E-state index contributed by atoms with van der Waals surface area (Å²) in [6, 6.07) is 10.1. The van der Waals surface area contributed by atoms with Crippen molar-refractivity contribution < 1.29 is 17.9 Å². The minimum absolute atomic E-state index is 0.0523. The van der Waals surface area contributed by atoms with Gasteiger partial charge in [0.25, 0.3) is 0 Å². The average Bonchev–Trinajstić information content (AvgIpc) is 3.31. The zero-order chi connectivity index (χ0) is 28.4. The summed E-state index contributed by atoms with van der Waals surface area (Å²) < 4.78 is 41.0. The summed E-state index contributed by atoms with van der Waals surface area (Å²) in [7, 11) is -3.40. The maximum Gasteiger partial charge on any atom is 0.227 e. The second-order valence-corrected chi connectivity index (χ2v) is 13.5. The highest BCUT2D eigenvalue weighted by Crippen LogP contribution is 2.28. The van der Waals surface area contributed by atoms with Crippen LogP contribution < -0.4 is 5.32 Å². The predicted octanol–water partition coefficient (Wildman–Crippen LogP) is 5.48. The van der Waals surface area contributed by atoms with Crippen LogP contribution in [0.4, 0.5) is 16.0 Å². The minimum Gasteiger partial charge on any atom is -0.394 e. The van der Waals surface area contributed by atoms with Crippen LogP contribution in [0, 0.1) is 12.7 Å². The number of aryl methyl sites for hydroxylation is 1. The molecule has 0 aliphatic rings. The molecule has 0 saturated heterocycles. The maximum atomic E-state index is 14.9. The maximum absolute atomic E-state index is 14.9. The summed E-state index contributed by atoms with van der Waals surface area (Å²) in [5, 5.41) is 16.6. The Kier molecular flexibility index (Phi) is 8.39. The van der Waals surface area contributed by atoms with Crippen molar-refractivity contribution in [1.29, 1.82) is 0 Å². The fourth-order valence-electron chi connectivity index (χ4n) is 3.86. The van der Waals surface area contributed by atoms with Crippen molar-refractivity contribution in [3.05, 3.63) is 88.2 Å². The number of aliphatic hydroxyl groups excluding tert-OH is 1. The Bertz CT molecular complexity index is 1600. The normalized spacial score (nSPS) is 12.1. The number of hydrogen-bond acceptors (Lipinski definition) is 7. The van der Waals surface area contributed by atoms with Gasteiger partial charge in [-0.2, -0.15) is 5.10 Å². The summed E-state index contributed by atoms with van der Waals surface area (Å²) in [5.41, 5.74) is 4.50. The summed E-state index contributed by atoms with van der Waals surface area (Å²) in [6.07, 6.45) is 5.36. The van der Waals surface area contributed by atoms with E-state index in [1.165, 1.54) is 6.07 Å². The first kappa shape index (κ1) is 28.7. The molecule has 39 heavy (non-hydrogen) atoms. The Labute approximate surface area is 232 Å². The summed E-state index contributed by atoms with van der Waals surface area (Å²) in [4.78, 5) is 8.96. The number of rotatable bonds is 9. The lowest BCUT2D eigenvalue weighted by atomic mass is 10.0. The van der Waals surface area contributed by atoms with E-state index in [1.807, 2.05) is 13.0 Å².